The van der Waals surface area contributed by atoms with Crippen molar-refractivity contribution >= 4 is 0 Å². The van der Waals surface area contributed by atoms with E-state index in [2.05, 4.69) is 86.7 Å². The molecule has 1 heteroatoms. The third-order valence-corrected chi connectivity index (χ3v) is 6.27. The van der Waals surface area contributed by atoms with Crippen molar-refractivity contribution in [1.82, 2.24) is 0 Å². The largest absolute Gasteiger partial charge is 0.373 e. The molecule has 0 aromatic heterocycles. The number of benzene rings is 2. The number of hydrogen-bond donors (Lipinski definition) is 0. The van der Waals surface area contributed by atoms with E-state index in [1.807, 2.05) is 0 Å². The number of rotatable bonds is 10. The van der Waals surface area contributed by atoms with Gasteiger partial charge in [0.15, 0.2) is 0 Å². The molecule has 2 aromatic carbocycles. The van der Waals surface area contributed by atoms with Gasteiger partial charge in [-0.05, 0) is 79.0 Å². The first-order valence-electron chi connectivity index (χ1n) is 11.9. The summed E-state index contributed by atoms with van der Waals surface area (Å²) in [6, 6.07) is 18.1. The molecule has 0 unspecified atom stereocenters. The van der Waals surface area contributed by atoms with Crippen LogP contribution in [0.5, 0.6) is 0 Å². The van der Waals surface area contributed by atoms with Crippen LogP contribution in [0, 0.1) is 5.92 Å². The third kappa shape index (κ3) is 6.99. The maximum absolute atomic E-state index is 5.69. The van der Waals surface area contributed by atoms with Crippen LogP contribution >= 0.6 is 0 Å². The van der Waals surface area contributed by atoms with Gasteiger partial charge in [0.25, 0.3) is 0 Å². The van der Waals surface area contributed by atoms with Crippen LogP contribution in [0.25, 0.3) is 11.1 Å². The van der Waals surface area contributed by atoms with E-state index in [1.54, 1.807) is 0 Å². The first kappa shape index (κ1) is 22.6. The van der Waals surface area contributed by atoms with Gasteiger partial charge in [0, 0.05) is 0 Å². The van der Waals surface area contributed by atoms with Gasteiger partial charge in [0.1, 0.15) is 0 Å². The van der Waals surface area contributed by atoms with Crippen molar-refractivity contribution in [2.24, 2.45) is 5.92 Å². The second-order valence-electron chi connectivity index (χ2n) is 8.55. The first-order valence-corrected chi connectivity index (χ1v) is 11.9. The number of ether oxygens (including phenoxy) is 1. The molecular weight excluding hydrogens is 364 g/mol. The van der Waals surface area contributed by atoms with Gasteiger partial charge in [0.05, 0.1) is 13.2 Å². The van der Waals surface area contributed by atoms with Crippen molar-refractivity contribution in [3.63, 3.8) is 0 Å². The molecule has 2 aromatic rings. The fraction of sp³-hybridized carbons (Fsp3) is 0.448. The Morgan fingerprint density at radius 2 is 1.33 bits per heavy atom. The van der Waals surface area contributed by atoms with E-state index >= 15 is 0 Å². The molecule has 30 heavy (non-hydrogen) atoms. The molecule has 1 saturated carbocycles. The van der Waals surface area contributed by atoms with Gasteiger partial charge in [0.2, 0.25) is 0 Å². The van der Waals surface area contributed by atoms with Crippen molar-refractivity contribution < 1.29 is 4.74 Å². The van der Waals surface area contributed by atoms with Gasteiger partial charge < -0.3 is 4.74 Å². The summed E-state index contributed by atoms with van der Waals surface area (Å²) in [4.78, 5) is 0. The molecular formula is C29H38O. The van der Waals surface area contributed by atoms with Gasteiger partial charge in [-0.3, -0.25) is 0 Å². The van der Waals surface area contributed by atoms with E-state index in [-0.39, 0.29) is 0 Å². The Hall–Kier alpha value is -2.12. The smallest absolute Gasteiger partial charge is 0.0721 e. The maximum Gasteiger partial charge on any atom is 0.0721 e. The number of allylic oxidation sites excluding steroid dienone is 3. The molecule has 0 N–H and O–H groups in total. The highest BCUT2D eigenvalue weighted by atomic mass is 16.5. The lowest BCUT2D eigenvalue weighted by Crippen LogP contribution is -2.12. The standard InChI is InChI=1S/C29H38O/c1-3-5-7-9-24-10-14-26(15-11-24)28-18-20-29(21-19-28)27-16-12-25(13-17-27)23-30-22-8-6-4-2/h5-8,12-13,16-21,24,26H,3-4,9-11,14-15,22-23H2,1-2H3/b7-5+,8-6+. The molecule has 1 aliphatic rings. The summed E-state index contributed by atoms with van der Waals surface area (Å²) < 4.78 is 5.69. The minimum Gasteiger partial charge on any atom is -0.373 e. The first-order chi connectivity index (χ1) is 14.8. The van der Waals surface area contributed by atoms with E-state index in [4.69, 9.17) is 4.74 Å². The highest BCUT2D eigenvalue weighted by Gasteiger charge is 2.21. The van der Waals surface area contributed by atoms with Gasteiger partial charge in [-0.1, -0.05) is 86.7 Å². The van der Waals surface area contributed by atoms with Crippen molar-refractivity contribution in [1.29, 1.82) is 0 Å². The summed E-state index contributed by atoms with van der Waals surface area (Å²) in [5, 5.41) is 0. The minimum atomic E-state index is 0.671. The topological polar surface area (TPSA) is 9.23 Å². The molecule has 0 radical (unpaired) electrons. The molecule has 3 rings (SSSR count). The van der Waals surface area contributed by atoms with E-state index in [0.29, 0.717) is 13.2 Å². The Morgan fingerprint density at radius 1 is 0.733 bits per heavy atom. The predicted molar refractivity (Wildman–Crippen MR) is 130 cm³/mol. The molecule has 0 bridgehead atoms. The SMILES string of the molecule is CC/C=C/COCc1ccc(-c2ccc(C3CCC(C/C=C/CC)CC3)cc2)cc1. The van der Waals surface area contributed by atoms with Crippen LogP contribution < -0.4 is 0 Å². The second kappa shape index (κ2) is 12.5. The summed E-state index contributed by atoms with van der Waals surface area (Å²) >= 11 is 0. The van der Waals surface area contributed by atoms with Crippen LogP contribution in [0.3, 0.4) is 0 Å². The van der Waals surface area contributed by atoms with E-state index < -0.39 is 0 Å². The van der Waals surface area contributed by atoms with Crippen LogP contribution in [0.4, 0.5) is 0 Å². The highest BCUT2D eigenvalue weighted by molar-refractivity contribution is 5.64. The Morgan fingerprint density at radius 3 is 1.97 bits per heavy atom. The molecule has 0 saturated heterocycles. The van der Waals surface area contributed by atoms with Gasteiger partial charge in [-0.2, -0.15) is 0 Å². The second-order valence-corrected chi connectivity index (χ2v) is 8.55. The summed E-state index contributed by atoms with van der Waals surface area (Å²) in [6.45, 7) is 5.71. The average molecular weight is 403 g/mol. The fourth-order valence-corrected chi connectivity index (χ4v) is 4.41. The Bertz CT molecular complexity index is 774. The van der Waals surface area contributed by atoms with Crippen LogP contribution in [-0.4, -0.2) is 6.61 Å². The fourth-order valence-electron chi connectivity index (χ4n) is 4.41. The van der Waals surface area contributed by atoms with Crippen LogP contribution in [0.2, 0.25) is 0 Å². The van der Waals surface area contributed by atoms with Crippen molar-refractivity contribution in [3.05, 3.63) is 84.0 Å². The summed E-state index contributed by atoms with van der Waals surface area (Å²) in [5.41, 5.74) is 5.33. The molecule has 0 atom stereocenters. The van der Waals surface area contributed by atoms with Crippen molar-refractivity contribution in [2.75, 3.05) is 6.61 Å². The molecule has 0 amide bonds. The number of hydrogen-bond acceptors (Lipinski definition) is 1. The van der Waals surface area contributed by atoms with Crippen LogP contribution in [0.1, 0.15) is 75.8 Å². The zero-order chi connectivity index (χ0) is 21.0. The van der Waals surface area contributed by atoms with E-state index in [0.717, 1.165) is 24.7 Å². The van der Waals surface area contributed by atoms with Gasteiger partial charge >= 0.3 is 0 Å². The highest BCUT2D eigenvalue weighted by Crippen LogP contribution is 2.37. The van der Waals surface area contributed by atoms with E-state index in [1.165, 1.54) is 54.4 Å². The summed E-state index contributed by atoms with van der Waals surface area (Å²) in [5.74, 6) is 1.64. The summed E-state index contributed by atoms with van der Waals surface area (Å²) in [6.07, 6.45) is 17.9. The maximum atomic E-state index is 5.69. The molecule has 1 nitrogen and oxygen atoms in total. The Labute approximate surface area is 183 Å². The Balaban J connectivity index is 1.49. The molecule has 160 valence electrons. The van der Waals surface area contributed by atoms with Gasteiger partial charge in [-0.25, -0.2) is 0 Å². The van der Waals surface area contributed by atoms with Crippen molar-refractivity contribution in [2.45, 2.75) is 71.3 Å². The van der Waals surface area contributed by atoms with E-state index in [9.17, 15) is 0 Å². The average Bonchev–Trinajstić information content (AvgIpc) is 2.80. The lowest BCUT2D eigenvalue weighted by molar-refractivity contribution is 0.148. The predicted octanol–water partition coefficient (Wildman–Crippen LogP) is 8.47. The quantitative estimate of drug-likeness (QED) is 0.286. The van der Waals surface area contributed by atoms with Crippen LogP contribution in [-0.2, 0) is 11.3 Å². The van der Waals surface area contributed by atoms with Crippen LogP contribution in [0.15, 0.2) is 72.8 Å². The summed E-state index contributed by atoms with van der Waals surface area (Å²) in [7, 11) is 0. The van der Waals surface area contributed by atoms with Gasteiger partial charge in [-0.15, -0.1) is 0 Å². The third-order valence-electron chi connectivity index (χ3n) is 6.27. The Kier molecular flexibility index (Phi) is 9.44. The van der Waals surface area contributed by atoms with Crippen molar-refractivity contribution in [3.8, 4) is 11.1 Å². The molecule has 1 aliphatic carbocycles. The minimum absolute atomic E-state index is 0.671. The molecule has 0 aliphatic heterocycles. The zero-order valence-electron chi connectivity index (χ0n) is 18.9. The lowest BCUT2D eigenvalue weighted by Gasteiger charge is -2.28. The lowest BCUT2D eigenvalue weighted by atomic mass is 9.77. The monoisotopic (exact) mass is 402 g/mol. The molecule has 0 heterocycles. The molecule has 0 spiro atoms. The molecule has 1 fully saturated rings. The normalized spacial score (nSPS) is 19.7. The zero-order valence-corrected chi connectivity index (χ0v) is 18.9.